The van der Waals surface area contributed by atoms with Crippen LogP contribution in [0.2, 0.25) is 0 Å². The molecule has 4 bridgehead atoms. The first-order valence-electron chi connectivity index (χ1n) is 11.8. The van der Waals surface area contributed by atoms with Crippen molar-refractivity contribution in [3.63, 3.8) is 0 Å². The van der Waals surface area contributed by atoms with Gasteiger partial charge in [0.2, 0.25) is 0 Å². The second-order valence-corrected chi connectivity index (χ2v) is 10.8. The van der Waals surface area contributed by atoms with Gasteiger partial charge in [0.15, 0.2) is 0 Å². The van der Waals surface area contributed by atoms with Crippen LogP contribution in [0.15, 0.2) is 65.7 Å². The molecule has 2 nitrogen and oxygen atoms in total. The lowest BCUT2D eigenvalue weighted by Crippen LogP contribution is -2.55. The summed E-state index contributed by atoms with van der Waals surface area (Å²) in [6.07, 6.45) is 10.0. The average Bonchev–Trinajstić information content (AvgIpc) is 2.75. The number of phenolic OH excluding ortho intramolecular Hbond substituents is 1. The highest BCUT2D eigenvalue weighted by atomic mass is 16.3. The largest absolute Gasteiger partial charge is 0.507 e. The number of nitrogens with zero attached hydrogens (tertiary/aromatic N) is 1. The molecule has 0 aliphatic heterocycles. The summed E-state index contributed by atoms with van der Waals surface area (Å²) in [4.78, 5) is 5.00. The van der Waals surface area contributed by atoms with Crippen molar-refractivity contribution >= 4 is 17.0 Å². The topological polar surface area (TPSA) is 32.6 Å². The molecule has 4 saturated carbocycles. The van der Waals surface area contributed by atoms with Gasteiger partial charge in [0.05, 0.1) is 0 Å². The fourth-order valence-electron chi connectivity index (χ4n) is 7.63. The Morgan fingerprint density at radius 2 is 1.68 bits per heavy atom. The van der Waals surface area contributed by atoms with Crippen molar-refractivity contribution in [2.45, 2.75) is 50.9 Å². The second-order valence-electron chi connectivity index (χ2n) is 10.8. The highest BCUT2D eigenvalue weighted by Crippen LogP contribution is 2.65. The molecule has 4 aliphatic rings. The number of aryl methyl sites for hydroxylation is 1. The van der Waals surface area contributed by atoms with Crippen molar-refractivity contribution in [3.05, 3.63) is 77.4 Å². The monoisotopic (exact) mass is 409 g/mol. The number of rotatable bonds is 4. The molecule has 3 aromatic rings. The summed E-state index contributed by atoms with van der Waals surface area (Å²) in [5, 5.41) is 12.7. The fraction of sp³-hybridized carbons (Fsp3) is 0.414. The van der Waals surface area contributed by atoms with Crippen LogP contribution in [-0.4, -0.2) is 17.9 Å². The molecule has 0 spiro atoms. The van der Waals surface area contributed by atoms with Crippen molar-refractivity contribution in [1.29, 1.82) is 0 Å². The summed E-state index contributed by atoms with van der Waals surface area (Å²) < 4.78 is 0. The maximum absolute atomic E-state index is 10.5. The first kappa shape index (κ1) is 19.1. The van der Waals surface area contributed by atoms with E-state index in [9.17, 15) is 5.11 Å². The third-order valence-corrected chi connectivity index (χ3v) is 8.44. The minimum absolute atomic E-state index is 0.323. The van der Waals surface area contributed by atoms with Gasteiger partial charge < -0.3 is 5.11 Å². The van der Waals surface area contributed by atoms with Crippen LogP contribution in [0, 0.1) is 24.2 Å². The van der Waals surface area contributed by atoms with E-state index < -0.39 is 0 Å². The summed E-state index contributed by atoms with van der Waals surface area (Å²) in [5.74, 6) is 2.02. The number of fused-ring (bicyclic) bond motifs is 1. The predicted molar refractivity (Wildman–Crippen MR) is 128 cm³/mol. The van der Waals surface area contributed by atoms with Crippen molar-refractivity contribution in [3.8, 4) is 5.75 Å². The van der Waals surface area contributed by atoms with Crippen LogP contribution in [0.5, 0.6) is 5.75 Å². The van der Waals surface area contributed by atoms with Crippen LogP contribution < -0.4 is 0 Å². The summed E-state index contributed by atoms with van der Waals surface area (Å²) in [7, 11) is 0. The van der Waals surface area contributed by atoms with Crippen LogP contribution in [-0.2, 0) is 5.41 Å². The molecule has 0 heterocycles. The predicted octanol–water partition coefficient (Wildman–Crippen LogP) is 6.81. The lowest BCUT2D eigenvalue weighted by atomic mass is 9.43. The van der Waals surface area contributed by atoms with E-state index in [1.165, 1.54) is 44.1 Å². The fourth-order valence-corrected chi connectivity index (χ4v) is 7.63. The number of benzene rings is 3. The van der Waals surface area contributed by atoms with Crippen LogP contribution in [0.3, 0.4) is 0 Å². The van der Waals surface area contributed by atoms with E-state index in [4.69, 9.17) is 4.99 Å². The summed E-state index contributed by atoms with van der Waals surface area (Å²) in [6.45, 7) is 3.07. The standard InChI is InChI=1S/C29H31NO/c1-20-6-9-24(10-7-20)29-15-21-12-22(16-29)14-28(13-21,18-29)19-30-17-26-25-5-3-2-4-23(25)8-11-27(26)31/h2-11,17,21-22,31H,12-16,18-19H2,1H3. The molecule has 1 N–H and O–H groups in total. The minimum Gasteiger partial charge on any atom is -0.507 e. The van der Waals surface area contributed by atoms with E-state index in [2.05, 4.69) is 43.3 Å². The van der Waals surface area contributed by atoms with Crippen LogP contribution in [0.4, 0.5) is 0 Å². The zero-order valence-electron chi connectivity index (χ0n) is 18.3. The lowest BCUT2D eigenvalue weighted by Gasteiger charge is -2.62. The Labute approximate surface area is 185 Å². The van der Waals surface area contributed by atoms with Crippen molar-refractivity contribution in [2.24, 2.45) is 22.2 Å². The number of aromatic hydroxyl groups is 1. The third-order valence-electron chi connectivity index (χ3n) is 8.44. The van der Waals surface area contributed by atoms with Gasteiger partial charge >= 0.3 is 0 Å². The van der Waals surface area contributed by atoms with Crippen LogP contribution in [0.25, 0.3) is 10.8 Å². The van der Waals surface area contributed by atoms with Gasteiger partial charge in [-0.15, -0.1) is 0 Å². The SMILES string of the molecule is Cc1ccc(C23CC4CC(CC(CN=Cc5c(O)ccc6ccccc56)(C4)C2)C3)cc1. The van der Waals surface area contributed by atoms with Gasteiger partial charge in [-0.2, -0.15) is 0 Å². The van der Waals surface area contributed by atoms with Crippen molar-refractivity contribution in [2.75, 3.05) is 6.54 Å². The Balaban J connectivity index is 1.31. The first-order valence-corrected chi connectivity index (χ1v) is 11.8. The van der Waals surface area contributed by atoms with Crippen molar-refractivity contribution < 1.29 is 5.11 Å². The van der Waals surface area contributed by atoms with Gasteiger partial charge in [0.25, 0.3) is 0 Å². The molecular formula is C29H31NO. The van der Waals surface area contributed by atoms with Gasteiger partial charge in [-0.3, -0.25) is 4.99 Å². The normalized spacial score (nSPS) is 31.6. The summed E-state index contributed by atoms with van der Waals surface area (Å²) in [6, 6.07) is 21.4. The quantitative estimate of drug-likeness (QED) is 0.472. The zero-order chi connectivity index (χ0) is 21.1. The van der Waals surface area contributed by atoms with Gasteiger partial charge in [0, 0.05) is 18.3 Å². The Kier molecular flexibility index (Phi) is 4.28. The van der Waals surface area contributed by atoms with Crippen molar-refractivity contribution in [1.82, 2.24) is 0 Å². The van der Waals surface area contributed by atoms with E-state index in [0.29, 0.717) is 16.6 Å². The minimum atomic E-state index is 0.323. The molecule has 2 heteroatoms. The molecular weight excluding hydrogens is 378 g/mol. The molecule has 4 fully saturated rings. The maximum Gasteiger partial charge on any atom is 0.124 e. The first-order chi connectivity index (χ1) is 15.0. The molecule has 2 atom stereocenters. The van der Waals surface area contributed by atoms with E-state index >= 15 is 0 Å². The molecule has 0 saturated heterocycles. The molecule has 0 aromatic heterocycles. The molecule has 4 aliphatic carbocycles. The Morgan fingerprint density at radius 1 is 0.935 bits per heavy atom. The number of aliphatic imine (C=N–C) groups is 1. The number of hydrogen-bond donors (Lipinski definition) is 1. The molecule has 3 aromatic carbocycles. The van der Waals surface area contributed by atoms with Gasteiger partial charge in [-0.1, -0.05) is 60.2 Å². The highest BCUT2D eigenvalue weighted by molar-refractivity contribution is 6.02. The summed E-state index contributed by atoms with van der Waals surface area (Å²) >= 11 is 0. The highest BCUT2D eigenvalue weighted by Gasteiger charge is 2.57. The van der Waals surface area contributed by atoms with Crippen LogP contribution >= 0.6 is 0 Å². The van der Waals surface area contributed by atoms with Gasteiger partial charge in [-0.05, 0) is 90.5 Å². The smallest absolute Gasteiger partial charge is 0.124 e. The molecule has 0 amide bonds. The van der Waals surface area contributed by atoms with E-state index in [1.54, 1.807) is 11.6 Å². The second kappa shape index (κ2) is 6.95. The van der Waals surface area contributed by atoms with Gasteiger partial charge in [0.1, 0.15) is 5.75 Å². The maximum atomic E-state index is 10.5. The average molecular weight is 410 g/mol. The summed E-state index contributed by atoms with van der Waals surface area (Å²) in [5.41, 5.74) is 4.45. The number of hydrogen-bond acceptors (Lipinski definition) is 2. The Hall–Kier alpha value is -2.61. The van der Waals surface area contributed by atoms with E-state index in [1.807, 2.05) is 24.4 Å². The molecule has 31 heavy (non-hydrogen) atoms. The van der Waals surface area contributed by atoms with E-state index in [0.717, 1.165) is 34.7 Å². The Morgan fingerprint density at radius 3 is 2.45 bits per heavy atom. The van der Waals surface area contributed by atoms with Gasteiger partial charge in [-0.25, -0.2) is 0 Å². The van der Waals surface area contributed by atoms with E-state index in [-0.39, 0.29) is 0 Å². The Bertz CT molecular complexity index is 1150. The zero-order valence-corrected chi connectivity index (χ0v) is 18.3. The molecule has 7 rings (SSSR count). The molecule has 0 radical (unpaired) electrons. The lowest BCUT2D eigenvalue weighted by molar-refractivity contribution is -0.0663. The third kappa shape index (κ3) is 3.19. The molecule has 158 valence electrons. The van der Waals surface area contributed by atoms with Crippen LogP contribution in [0.1, 0.15) is 55.2 Å². The molecule has 2 unspecified atom stereocenters. The number of phenols is 1.